The molecular formula is C15H13BrN2O4S. The van der Waals surface area contributed by atoms with Gasteiger partial charge in [0.1, 0.15) is 11.4 Å². The molecule has 120 valence electrons. The normalized spacial score (nSPS) is 11.2. The fourth-order valence-electron chi connectivity index (χ4n) is 2.28. The van der Waals surface area contributed by atoms with Crippen molar-refractivity contribution in [3.8, 4) is 11.1 Å². The zero-order chi connectivity index (χ0) is 16.4. The lowest BCUT2D eigenvalue weighted by atomic mass is 10.1. The highest BCUT2D eigenvalue weighted by Gasteiger charge is 2.15. The minimum atomic E-state index is -0.530. The molecule has 2 heterocycles. The number of rotatable bonds is 5. The minimum Gasteiger partial charge on any atom is -0.394 e. The number of aromatic nitrogens is 2. The summed E-state index contributed by atoms with van der Waals surface area (Å²) in [6.45, 7) is -0.0534. The molecule has 3 aromatic rings. The quantitative estimate of drug-likeness (QED) is 0.647. The van der Waals surface area contributed by atoms with Crippen LogP contribution in [0.4, 0.5) is 0 Å². The van der Waals surface area contributed by atoms with Crippen LogP contribution in [0.3, 0.4) is 0 Å². The third kappa shape index (κ3) is 3.16. The summed E-state index contributed by atoms with van der Waals surface area (Å²) in [6.07, 6.45) is 0. The lowest BCUT2D eigenvalue weighted by molar-refractivity contribution is 0.0481. The second-order valence-electron chi connectivity index (χ2n) is 4.78. The molecule has 0 aliphatic rings. The van der Waals surface area contributed by atoms with Gasteiger partial charge in [-0.15, -0.1) is 11.3 Å². The number of hydrogen-bond acceptors (Lipinski definition) is 5. The first-order valence-corrected chi connectivity index (χ1v) is 8.48. The molecule has 0 atom stereocenters. The Hall–Kier alpha value is -1.74. The van der Waals surface area contributed by atoms with E-state index in [1.54, 1.807) is 0 Å². The summed E-state index contributed by atoms with van der Waals surface area (Å²) < 4.78 is 8.05. The van der Waals surface area contributed by atoms with E-state index in [4.69, 9.17) is 9.84 Å². The summed E-state index contributed by atoms with van der Waals surface area (Å²) in [6, 6.07) is 7.62. The molecule has 0 aliphatic heterocycles. The number of benzene rings is 1. The topological polar surface area (TPSA) is 84.3 Å². The summed E-state index contributed by atoms with van der Waals surface area (Å²) in [7, 11) is 0. The van der Waals surface area contributed by atoms with Crippen LogP contribution in [0.15, 0.2) is 43.7 Å². The molecule has 0 saturated carbocycles. The number of nitrogens with zero attached hydrogens (tertiary/aromatic N) is 1. The number of thiophene rings is 1. The summed E-state index contributed by atoms with van der Waals surface area (Å²) in [5, 5.41) is 10.7. The first-order valence-electron chi connectivity index (χ1n) is 6.80. The second kappa shape index (κ2) is 6.79. The molecule has 0 aliphatic carbocycles. The number of nitrogens with one attached hydrogen (secondary N) is 1. The van der Waals surface area contributed by atoms with Gasteiger partial charge in [-0.25, -0.2) is 4.79 Å². The molecule has 0 spiro atoms. The van der Waals surface area contributed by atoms with Crippen LogP contribution < -0.4 is 11.2 Å². The van der Waals surface area contributed by atoms with Crippen molar-refractivity contribution in [1.29, 1.82) is 0 Å². The maximum Gasteiger partial charge on any atom is 0.330 e. The highest BCUT2D eigenvalue weighted by atomic mass is 79.9. The van der Waals surface area contributed by atoms with Gasteiger partial charge in [0.2, 0.25) is 0 Å². The standard InChI is InChI=1S/C15H13BrN2O4S/c16-10-3-1-9(2-4-10)11-7-23-13-12(11)18(8-22-6-5-19)15(21)17-14(13)20/h1-4,7,19H,5-6,8H2,(H,17,20,21). The second-order valence-corrected chi connectivity index (χ2v) is 6.58. The maximum absolute atomic E-state index is 12.1. The molecule has 0 radical (unpaired) electrons. The van der Waals surface area contributed by atoms with E-state index in [1.807, 2.05) is 29.6 Å². The summed E-state index contributed by atoms with van der Waals surface area (Å²) in [5.41, 5.74) is 1.31. The average molecular weight is 397 g/mol. The molecule has 23 heavy (non-hydrogen) atoms. The highest BCUT2D eigenvalue weighted by Crippen LogP contribution is 2.32. The smallest absolute Gasteiger partial charge is 0.330 e. The lowest BCUT2D eigenvalue weighted by Gasteiger charge is -2.09. The number of fused-ring (bicyclic) bond motifs is 1. The van der Waals surface area contributed by atoms with Crippen LogP contribution in [0.1, 0.15) is 0 Å². The van der Waals surface area contributed by atoms with Crippen LogP contribution in [0.2, 0.25) is 0 Å². The lowest BCUT2D eigenvalue weighted by Crippen LogP contribution is -2.30. The zero-order valence-electron chi connectivity index (χ0n) is 11.9. The predicted molar refractivity (Wildman–Crippen MR) is 92.9 cm³/mol. The Bertz CT molecular complexity index is 943. The van der Waals surface area contributed by atoms with Crippen LogP contribution in [0, 0.1) is 0 Å². The molecule has 0 fully saturated rings. The van der Waals surface area contributed by atoms with Gasteiger partial charge >= 0.3 is 5.69 Å². The molecular weight excluding hydrogens is 384 g/mol. The van der Waals surface area contributed by atoms with Gasteiger partial charge in [0, 0.05) is 15.4 Å². The largest absolute Gasteiger partial charge is 0.394 e. The van der Waals surface area contributed by atoms with Gasteiger partial charge in [-0.1, -0.05) is 28.1 Å². The van der Waals surface area contributed by atoms with Gasteiger partial charge < -0.3 is 9.84 Å². The van der Waals surface area contributed by atoms with Gasteiger partial charge in [0.05, 0.1) is 18.7 Å². The average Bonchev–Trinajstić information content (AvgIpc) is 2.97. The van der Waals surface area contributed by atoms with Gasteiger partial charge in [-0.3, -0.25) is 14.3 Å². The molecule has 1 aromatic carbocycles. The molecule has 6 nitrogen and oxygen atoms in total. The van der Waals surface area contributed by atoms with E-state index in [2.05, 4.69) is 20.9 Å². The van der Waals surface area contributed by atoms with Crippen LogP contribution in [-0.4, -0.2) is 27.9 Å². The molecule has 0 bridgehead atoms. The van der Waals surface area contributed by atoms with Crippen molar-refractivity contribution < 1.29 is 9.84 Å². The Labute approximate surface area is 143 Å². The SMILES string of the molecule is O=c1[nH]c(=O)n(COCCO)c2c(-c3ccc(Br)cc3)csc12. The Morgan fingerprint density at radius 1 is 1.26 bits per heavy atom. The third-order valence-corrected chi connectivity index (χ3v) is 4.81. The number of hydrogen-bond donors (Lipinski definition) is 2. The first kappa shape index (κ1) is 16.1. The van der Waals surface area contributed by atoms with E-state index in [0.29, 0.717) is 10.2 Å². The van der Waals surface area contributed by atoms with Gasteiger partial charge in [-0.2, -0.15) is 0 Å². The Morgan fingerprint density at radius 3 is 2.70 bits per heavy atom. The molecule has 0 amide bonds. The van der Waals surface area contributed by atoms with Crippen LogP contribution in [0.5, 0.6) is 0 Å². The molecule has 3 rings (SSSR count). The highest BCUT2D eigenvalue weighted by molar-refractivity contribution is 9.10. The van der Waals surface area contributed by atoms with Crippen molar-refractivity contribution in [2.24, 2.45) is 0 Å². The minimum absolute atomic E-state index is 0.0348. The van der Waals surface area contributed by atoms with Crippen molar-refractivity contribution in [3.05, 3.63) is 55.0 Å². The predicted octanol–water partition coefficient (Wildman–Crippen LogP) is 2.15. The fourth-order valence-corrected chi connectivity index (χ4v) is 3.52. The number of aliphatic hydroxyl groups excluding tert-OH is 1. The van der Waals surface area contributed by atoms with Crippen LogP contribution >= 0.6 is 27.3 Å². The van der Waals surface area contributed by atoms with Crippen LogP contribution in [-0.2, 0) is 11.5 Å². The summed E-state index contributed by atoms with van der Waals surface area (Å²) >= 11 is 4.67. The van der Waals surface area contributed by atoms with E-state index in [9.17, 15) is 9.59 Å². The number of aliphatic hydroxyl groups is 1. The number of H-pyrrole nitrogens is 1. The number of ether oxygens (including phenoxy) is 1. The fraction of sp³-hybridized carbons (Fsp3) is 0.200. The Morgan fingerprint density at radius 2 is 2.00 bits per heavy atom. The summed E-state index contributed by atoms with van der Waals surface area (Å²) in [5.74, 6) is 0. The van der Waals surface area contributed by atoms with E-state index < -0.39 is 11.2 Å². The molecule has 0 saturated heterocycles. The molecule has 8 heteroatoms. The maximum atomic E-state index is 12.1. The van der Waals surface area contributed by atoms with Gasteiger partial charge in [0.15, 0.2) is 0 Å². The summed E-state index contributed by atoms with van der Waals surface area (Å²) in [4.78, 5) is 26.5. The van der Waals surface area contributed by atoms with Gasteiger partial charge in [-0.05, 0) is 17.7 Å². The van der Waals surface area contributed by atoms with E-state index >= 15 is 0 Å². The van der Waals surface area contributed by atoms with Crippen molar-refractivity contribution in [3.63, 3.8) is 0 Å². The van der Waals surface area contributed by atoms with E-state index in [-0.39, 0.29) is 19.9 Å². The number of aromatic amines is 1. The van der Waals surface area contributed by atoms with Crippen molar-refractivity contribution >= 4 is 37.5 Å². The number of halogens is 1. The van der Waals surface area contributed by atoms with E-state index in [1.165, 1.54) is 15.9 Å². The Balaban J connectivity index is 2.21. The Kier molecular flexibility index (Phi) is 4.76. The third-order valence-electron chi connectivity index (χ3n) is 3.32. The molecule has 2 N–H and O–H groups in total. The van der Waals surface area contributed by atoms with Crippen molar-refractivity contribution in [2.45, 2.75) is 6.73 Å². The van der Waals surface area contributed by atoms with Gasteiger partial charge in [0.25, 0.3) is 5.56 Å². The molecule has 0 unspecified atom stereocenters. The first-order chi connectivity index (χ1) is 11.1. The monoisotopic (exact) mass is 396 g/mol. The van der Waals surface area contributed by atoms with E-state index in [0.717, 1.165) is 15.6 Å². The van der Waals surface area contributed by atoms with Crippen molar-refractivity contribution in [1.82, 2.24) is 9.55 Å². The molecule has 2 aromatic heterocycles. The van der Waals surface area contributed by atoms with Crippen LogP contribution in [0.25, 0.3) is 21.3 Å². The zero-order valence-corrected chi connectivity index (χ0v) is 14.3. The van der Waals surface area contributed by atoms with Crippen molar-refractivity contribution in [2.75, 3.05) is 13.2 Å².